The second-order valence-corrected chi connectivity index (χ2v) is 2.62. The van der Waals surface area contributed by atoms with E-state index in [1.165, 1.54) is 0 Å². The summed E-state index contributed by atoms with van der Waals surface area (Å²) in [6, 6.07) is 8.30. The largest absolute Gasteiger partial charge is 0.478 e. The average molecular weight is 260 g/mol. The molecular formula is C9H14ClN5O2. The second kappa shape index (κ2) is 8.98. The molecular weight excluding hydrogens is 246 g/mol. The summed E-state index contributed by atoms with van der Waals surface area (Å²) in [7, 11) is 0. The van der Waals surface area contributed by atoms with Gasteiger partial charge in [0.15, 0.2) is 11.9 Å². The van der Waals surface area contributed by atoms with E-state index in [-0.39, 0.29) is 24.3 Å². The number of aromatic carboxylic acids is 1. The van der Waals surface area contributed by atoms with Gasteiger partial charge < -0.3 is 16.6 Å². The molecule has 0 aliphatic heterocycles. The Kier molecular flexibility index (Phi) is 9.05. The number of hydrogen-bond acceptors (Lipinski definition) is 3. The molecule has 0 unspecified atom stereocenters. The first-order valence-corrected chi connectivity index (χ1v) is 4.17. The number of hydrogen-bond donors (Lipinski definition) is 6. The zero-order valence-electron chi connectivity index (χ0n) is 8.81. The van der Waals surface area contributed by atoms with E-state index in [0.717, 1.165) is 0 Å². The number of carboxylic acid groups (broad SMARTS) is 1. The van der Waals surface area contributed by atoms with Gasteiger partial charge in [-0.15, -0.1) is 12.4 Å². The molecule has 1 rings (SSSR count). The van der Waals surface area contributed by atoms with E-state index in [4.69, 9.17) is 27.4 Å². The predicted molar refractivity (Wildman–Crippen MR) is 67.6 cm³/mol. The first-order chi connectivity index (χ1) is 7.43. The first kappa shape index (κ1) is 17.1. The highest BCUT2D eigenvalue weighted by Gasteiger charge is 1.96. The van der Waals surface area contributed by atoms with Crippen molar-refractivity contribution in [3.8, 4) is 0 Å². The van der Waals surface area contributed by atoms with E-state index in [9.17, 15) is 4.79 Å². The number of benzene rings is 1. The summed E-state index contributed by atoms with van der Waals surface area (Å²) >= 11 is 0. The monoisotopic (exact) mass is 259 g/mol. The molecule has 0 saturated heterocycles. The SMILES string of the molecule is Cl.N=C(N)NC(=N)N.O=C(O)c1ccccc1. The summed E-state index contributed by atoms with van der Waals surface area (Å²) in [4.78, 5) is 10.2. The molecule has 8 N–H and O–H groups in total. The topological polar surface area (TPSA) is 149 Å². The molecule has 0 atom stereocenters. The summed E-state index contributed by atoms with van der Waals surface area (Å²) < 4.78 is 0. The second-order valence-electron chi connectivity index (χ2n) is 2.62. The highest BCUT2D eigenvalue weighted by molar-refractivity contribution is 5.93. The maximum Gasteiger partial charge on any atom is 0.335 e. The van der Waals surface area contributed by atoms with Gasteiger partial charge in [0.05, 0.1) is 5.56 Å². The fourth-order valence-corrected chi connectivity index (χ4v) is 0.726. The van der Waals surface area contributed by atoms with Crippen LogP contribution in [0, 0.1) is 10.8 Å². The number of guanidine groups is 2. The van der Waals surface area contributed by atoms with Crippen molar-refractivity contribution < 1.29 is 9.90 Å². The van der Waals surface area contributed by atoms with Crippen LogP contribution in [0.15, 0.2) is 30.3 Å². The molecule has 0 heterocycles. The minimum Gasteiger partial charge on any atom is -0.478 e. The van der Waals surface area contributed by atoms with Crippen LogP contribution in [-0.2, 0) is 0 Å². The van der Waals surface area contributed by atoms with Gasteiger partial charge in [-0.25, -0.2) is 4.79 Å². The van der Waals surface area contributed by atoms with E-state index in [0.29, 0.717) is 5.56 Å². The van der Waals surface area contributed by atoms with Crippen LogP contribution in [0.1, 0.15) is 10.4 Å². The van der Waals surface area contributed by atoms with Gasteiger partial charge in [0.1, 0.15) is 0 Å². The normalized spacial score (nSPS) is 7.76. The van der Waals surface area contributed by atoms with E-state index in [2.05, 4.69) is 0 Å². The molecule has 7 nitrogen and oxygen atoms in total. The molecule has 0 saturated carbocycles. The third-order valence-electron chi connectivity index (χ3n) is 1.29. The highest BCUT2D eigenvalue weighted by Crippen LogP contribution is 1.96. The maximum atomic E-state index is 10.2. The molecule has 0 amide bonds. The summed E-state index contributed by atoms with van der Waals surface area (Å²) in [6.45, 7) is 0. The van der Waals surface area contributed by atoms with Crippen molar-refractivity contribution in [2.75, 3.05) is 0 Å². The lowest BCUT2D eigenvalue weighted by molar-refractivity contribution is 0.0697. The first-order valence-electron chi connectivity index (χ1n) is 4.17. The van der Waals surface area contributed by atoms with Crippen molar-refractivity contribution in [2.24, 2.45) is 11.5 Å². The summed E-state index contributed by atoms with van der Waals surface area (Å²) in [5.74, 6) is -1.50. The standard InChI is InChI=1S/C7H6O2.C2H7N5.ClH/c8-7(9)6-4-2-1-3-5-6;3-1(4)7-2(5)6;/h1-5H,(H,8,9);(H7,3,4,5,6,7);1H. The Labute approximate surface area is 104 Å². The smallest absolute Gasteiger partial charge is 0.335 e. The number of rotatable bonds is 1. The number of nitrogens with one attached hydrogen (secondary N) is 3. The van der Waals surface area contributed by atoms with E-state index in [1.807, 2.05) is 5.32 Å². The van der Waals surface area contributed by atoms with E-state index >= 15 is 0 Å². The van der Waals surface area contributed by atoms with Gasteiger partial charge in [0.2, 0.25) is 0 Å². The Morgan fingerprint density at radius 2 is 1.53 bits per heavy atom. The third-order valence-corrected chi connectivity index (χ3v) is 1.29. The Morgan fingerprint density at radius 1 is 1.12 bits per heavy atom. The van der Waals surface area contributed by atoms with Crippen LogP contribution in [0.5, 0.6) is 0 Å². The van der Waals surface area contributed by atoms with Gasteiger partial charge in [-0.1, -0.05) is 18.2 Å². The van der Waals surface area contributed by atoms with Crippen LogP contribution >= 0.6 is 12.4 Å². The number of carboxylic acids is 1. The summed E-state index contributed by atoms with van der Waals surface area (Å²) in [5, 5.41) is 23.4. The van der Waals surface area contributed by atoms with Gasteiger partial charge in [0.25, 0.3) is 0 Å². The molecule has 0 aliphatic rings. The van der Waals surface area contributed by atoms with Gasteiger partial charge in [-0.3, -0.25) is 16.1 Å². The lowest BCUT2D eigenvalue weighted by Gasteiger charge is -1.95. The maximum absolute atomic E-state index is 10.2. The number of halogens is 1. The van der Waals surface area contributed by atoms with Gasteiger partial charge >= 0.3 is 5.97 Å². The average Bonchev–Trinajstić information content (AvgIpc) is 2.17. The molecule has 0 radical (unpaired) electrons. The van der Waals surface area contributed by atoms with Crippen molar-refractivity contribution in [3.63, 3.8) is 0 Å². The van der Waals surface area contributed by atoms with E-state index < -0.39 is 5.97 Å². The Hall–Kier alpha value is -2.28. The minimum atomic E-state index is -0.879. The molecule has 0 aromatic heterocycles. The lowest BCUT2D eigenvalue weighted by Crippen LogP contribution is -2.39. The molecule has 1 aromatic rings. The van der Waals surface area contributed by atoms with Crippen molar-refractivity contribution >= 4 is 30.3 Å². The molecule has 0 bridgehead atoms. The lowest BCUT2D eigenvalue weighted by atomic mass is 10.2. The van der Waals surface area contributed by atoms with Crippen LogP contribution < -0.4 is 16.8 Å². The Morgan fingerprint density at radius 3 is 1.71 bits per heavy atom. The Balaban J connectivity index is 0. The highest BCUT2D eigenvalue weighted by atomic mass is 35.5. The van der Waals surface area contributed by atoms with Crippen LogP contribution in [0.4, 0.5) is 0 Å². The number of carbonyl (C=O) groups is 1. The van der Waals surface area contributed by atoms with Gasteiger partial charge in [-0.05, 0) is 12.1 Å². The van der Waals surface area contributed by atoms with Crippen molar-refractivity contribution in [1.29, 1.82) is 10.8 Å². The van der Waals surface area contributed by atoms with Crippen LogP contribution in [0.2, 0.25) is 0 Å². The number of nitrogens with two attached hydrogens (primary N) is 2. The molecule has 17 heavy (non-hydrogen) atoms. The van der Waals surface area contributed by atoms with Crippen LogP contribution in [-0.4, -0.2) is 23.0 Å². The fraction of sp³-hybridized carbons (Fsp3) is 0. The minimum absolute atomic E-state index is 0. The van der Waals surface area contributed by atoms with Crippen LogP contribution in [0.25, 0.3) is 0 Å². The summed E-state index contributed by atoms with van der Waals surface area (Å²) in [5.41, 5.74) is 9.82. The molecule has 0 aliphatic carbocycles. The molecule has 1 aromatic carbocycles. The summed E-state index contributed by atoms with van der Waals surface area (Å²) in [6.07, 6.45) is 0. The van der Waals surface area contributed by atoms with Crippen molar-refractivity contribution in [1.82, 2.24) is 5.32 Å². The van der Waals surface area contributed by atoms with Gasteiger partial charge in [-0.2, -0.15) is 0 Å². The zero-order valence-corrected chi connectivity index (χ0v) is 9.62. The fourth-order valence-electron chi connectivity index (χ4n) is 0.726. The zero-order chi connectivity index (χ0) is 12.6. The van der Waals surface area contributed by atoms with Gasteiger partial charge in [0, 0.05) is 0 Å². The van der Waals surface area contributed by atoms with Crippen LogP contribution in [0.3, 0.4) is 0 Å². The molecule has 94 valence electrons. The van der Waals surface area contributed by atoms with Crippen molar-refractivity contribution in [2.45, 2.75) is 0 Å². The quantitative estimate of drug-likeness (QED) is 0.314. The predicted octanol–water partition coefficient (Wildman–Crippen LogP) is 0.170. The third kappa shape index (κ3) is 10.0. The molecule has 0 spiro atoms. The Bertz CT molecular complexity index is 370. The van der Waals surface area contributed by atoms with Crippen molar-refractivity contribution in [3.05, 3.63) is 35.9 Å². The molecule has 8 heteroatoms. The van der Waals surface area contributed by atoms with E-state index in [1.54, 1.807) is 30.3 Å². The molecule has 0 fully saturated rings.